The van der Waals surface area contributed by atoms with E-state index in [1.807, 2.05) is 31.2 Å². The third kappa shape index (κ3) is 4.71. The van der Waals surface area contributed by atoms with Crippen molar-refractivity contribution in [3.8, 4) is 11.5 Å². The second-order valence-corrected chi connectivity index (χ2v) is 8.23. The third-order valence-electron chi connectivity index (χ3n) is 4.12. The number of carbonyl (C=O) groups is 1. The molecule has 27 heavy (non-hydrogen) atoms. The number of carbonyl (C=O) groups excluding carboxylic acids is 1. The number of fused-ring (bicyclic) bond motifs is 1. The number of ether oxygens (including phenoxy) is 2. The zero-order valence-corrected chi connectivity index (χ0v) is 16.0. The number of benzene rings is 2. The zero-order chi connectivity index (χ0) is 19.4. The molecule has 7 nitrogen and oxygen atoms in total. The highest BCUT2D eigenvalue weighted by atomic mass is 32.2. The molecule has 0 fully saturated rings. The van der Waals surface area contributed by atoms with Gasteiger partial charge in [-0.25, -0.2) is 8.42 Å². The van der Waals surface area contributed by atoms with E-state index in [2.05, 4.69) is 5.32 Å². The monoisotopic (exact) mass is 390 g/mol. The minimum absolute atomic E-state index is 0.0689. The Morgan fingerprint density at radius 1 is 1.22 bits per heavy atom. The lowest BCUT2D eigenvalue weighted by molar-refractivity contribution is -0.127. The Morgan fingerprint density at radius 2 is 1.93 bits per heavy atom. The van der Waals surface area contributed by atoms with Gasteiger partial charge in [0.15, 0.2) is 6.10 Å². The SMILES string of the molecule is Cc1ccc(OCCNC(=O)[C@H]2CN(S(C)(=O)=O)c3ccccc3O2)cc1. The first-order chi connectivity index (χ1) is 12.8. The second-order valence-electron chi connectivity index (χ2n) is 6.32. The smallest absolute Gasteiger partial charge is 0.263 e. The van der Waals surface area contributed by atoms with Crippen molar-refractivity contribution in [2.24, 2.45) is 0 Å². The maximum atomic E-state index is 12.4. The van der Waals surface area contributed by atoms with Crippen LogP contribution in [0.2, 0.25) is 0 Å². The van der Waals surface area contributed by atoms with E-state index >= 15 is 0 Å². The number of nitrogens with one attached hydrogen (secondary N) is 1. The summed E-state index contributed by atoms with van der Waals surface area (Å²) in [6, 6.07) is 14.4. The van der Waals surface area contributed by atoms with Crippen LogP contribution in [0, 0.1) is 6.92 Å². The quantitative estimate of drug-likeness (QED) is 0.759. The lowest BCUT2D eigenvalue weighted by atomic mass is 10.2. The van der Waals surface area contributed by atoms with Crippen LogP contribution < -0.4 is 19.1 Å². The molecule has 1 N–H and O–H groups in total. The zero-order valence-electron chi connectivity index (χ0n) is 15.2. The Morgan fingerprint density at radius 3 is 2.63 bits per heavy atom. The number of aryl methyl sites for hydroxylation is 1. The molecular weight excluding hydrogens is 368 g/mol. The van der Waals surface area contributed by atoms with Crippen molar-refractivity contribution in [3.63, 3.8) is 0 Å². The van der Waals surface area contributed by atoms with Crippen LogP contribution in [0.25, 0.3) is 0 Å². The number of hydrogen-bond donors (Lipinski definition) is 1. The maximum Gasteiger partial charge on any atom is 0.263 e. The van der Waals surface area contributed by atoms with Gasteiger partial charge in [-0.05, 0) is 31.2 Å². The predicted octanol–water partition coefficient (Wildman–Crippen LogP) is 1.72. The van der Waals surface area contributed by atoms with Crippen LogP contribution in [0.4, 0.5) is 5.69 Å². The van der Waals surface area contributed by atoms with Crippen molar-refractivity contribution in [1.82, 2.24) is 5.32 Å². The van der Waals surface area contributed by atoms with Crippen molar-refractivity contribution < 1.29 is 22.7 Å². The van der Waals surface area contributed by atoms with Gasteiger partial charge in [0.1, 0.15) is 18.1 Å². The van der Waals surface area contributed by atoms with E-state index < -0.39 is 16.1 Å². The summed E-state index contributed by atoms with van der Waals surface area (Å²) in [5, 5.41) is 2.73. The molecule has 8 heteroatoms. The molecule has 1 atom stereocenters. The predicted molar refractivity (Wildman–Crippen MR) is 103 cm³/mol. The number of sulfonamides is 1. The highest BCUT2D eigenvalue weighted by Gasteiger charge is 2.34. The van der Waals surface area contributed by atoms with E-state index in [-0.39, 0.29) is 19.0 Å². The lowest BCUT2D eigenvalue weighted by Gasteiger charge is -2.33. The first-order valence-electron chi connectivity index (χ1n) is 8.55. The molecular formula is C19H22N2O5S. The summed E-state index contributed by atoms with van der Waals surface area (Å²) in [4.78, 5) is 12.4. The first-order valence-corrected chi connectivity index (χ1v) is 10.4. The summed E-state index contributed by atoms with van der Waals surface area (Å²) in [6.45, 7) is 2.51. The Hall–Kier alpha value is -2.74. The van der Waals surface area contributed by atoms with Gasteiger partial charge >= 0.3 is 0 Å². The fourth-order valence-corrected chi connectivity index (χ4v) is 3.66. The van der Waals surface area contributed by atoms with Crippen LogP contribution in [-0.4, -0.2) is 46.4 Å². The Bertz CT molecular complexity index is 912. The Kier molecular flexibility index (Phi) is 5.55. The van der Waals surface area contributed by atoms with E-state index in [0.717, 1.165) is 17.6 Å². The summed E-state index contributed by atoms with van der Waals surface area (Å²) in [7, 11) is -3.52. The summed E-state index contributed by atoms with van der Waals surface area (Å²) < 4.78 is 36.6. The number of nitrogens with zero attached hydrogens (tertiary/aromatic N) is 1. The third-order valence-corrected chi connectivity index (χ3v) is 5.27. The highest BCUT2D eigenvalue weighted by Crippen LogP contribution is 2.34. The molecule has 0 aliphatic carbocycles. The number of hydrogen-bond acceptors (Lipinski definition) is 5. The number of amides is 1. The molecule has 0 saturated carbocycles. The van der Waals surface area contributed by atoms with Crippen molar-refractivity contribution >= 4 is 21.6 Å². The molecule has 1 heterocycles. The Balaban J connectivity index is 1.58. The van der Waals surface area contributed by atoms with Crippen LogP contribution >= 0.6 is 0 Å². The van der Waals surface area contributed by atoms with Gasteiger partial charge < -0.3 is 14.8 Å². The highest BCUT2D eigenvalue weighted by molar-refractivity contribution is 7.92. The van der Waals surface area contributed by atoms with Crippen LogP contribution in [0.15, 0.2) is 48.5 Å². The van der Waals surface area contributed by atoms with Crippen LogP contribution in [0.1, 0.15) is 5.56 Å². The van der Waals surface area contributed by atoms with Gasteiger partial charge in [0.2, 0.25) is 10.0 Å². The number of anilines is 1. The molecule has 1 aliphatic rings. The molecule has 0 bridgehead atoms. The number of para-hydroxylation sites is 2. The van der Waals surface area contributed by atoms with Crippen LogP contribution in [0.3, 0.4) is 0 Å². The van der Waals surface area contributed by atoms with Crippen LogP contribution in [-0.2, 0) is 14.8 Å². The fraction of sp³-hybridized carbons (Fsp3) is 0.316. The molecule has 1 amide bonds. The molecule has 2 aromatic carbocycles. The van der Waals surface area contributed by atoms with Gasteiger partial charge in [-0.15, -0.1) is 0 Å². The van der Waals surface area contributed by atoms with Gasteiger partial charge in [0.05, 0.1) is 25.0 Å². The average Bonchev–Trinajstić information content (AvgIpc) is 2.64. The van der Waals surface area contributed by atoms with E-state index in [1.165, 1.54) is 4.31 Å². The first kappa shape index (κ1) is 19.0. The fourth-order valence-electron chi connectivity index (χ4n) is 2.74. The molecule has 3 rings (SSSR count). The normalized spacial score (nSPS) is 16.2. The van der Waals surface area contributed by atoms with Gasteiger partial charge in [-0.1, -0.05) is 29.8 Å². The molecule has 144 valence electrons. The minimum Gasteiger partial charge on any atom is -0.492 e. The van der Waals surface area contributed by atoms with Gasteiger partial charge in [-0.3, -0.25) is 9.10 Å². The van der Waals surface area contributed by atoms with Crippen molar-refractivity contribution in [3.05, 3.63) is 54.1 Å². The largest absolute Gasteiger partial charge is 0.492 e. The molecule has 0 saturated heterocycles. The summed E-state index contributed by atoms with van der Waals surface area (Å²) >= 11 is 0. The minimum atomic E-state index is -3.52. The second kappa shape index (κ2) is 7.87. The summed E-state index contributed by atoms with van der Waals surface area (Å²) in [5.41, 5.74) is 1.58. The summed E-state index contributed by atoms with van der Waals surface area (Å²) in [6.07, 6.45) is 0.188. The van der Waals surface area contributed by atoms with Crippen molar-refractivity contribution in [1.29, 1.82) is 0 Å². The molecule has 2 aromatic rings. The number of rotatable bonds is 6. The van der Waals surface area contributed by atoms with Crippen molar-refractivity contribution in [2.45, 2.75) is 13.0 Å². The molecule has 0 radical (unpaired) electrons. The van der Waals surface area contributed by atoms with E-state index in [1.54, 1.807) is 24.3 Å². The van der Waals surface area contributed by atoms with Crippen LogP contribution in [0.5, 0.6) is 11.5 Å². The molecule has 0 spiro atoms. The summed E-state index contributed by atoms with van der Waals surface area (Å²) in [5.74, 6) is 0.705. The maximum absolute atomic E-state index is 12.4. The lowest BCUT2D eigenvalue weighted by Crippen LogP contribution is -2.51. The Labute approximate surface area is 158 Å². The van der Waals surface area contributed by atoms with E-state index in [9.17, 15) is 13.2 Å². The van der Waals surface area contributed by atoms with E-state index in [0.29, 0.717) is 18.0 Å². The standard InChI is InChI=1S/C19H22N2O5S/c1-14-7-9-15(10-8-14)25-12-11-20-19(22)18-13-21(27(2,23)24)16-5-3-4-6-17(16)26-18/h3-10,18H,11-13H2,1-2H3,(H,20,22)/t18-/m1/s1. The van der Waals surface area contributed by atoms with Gasteiger partial charge in [0, 0.05) is 0 Å². The molecule has 0 unspecified atom stereocenters. The molecule has 1 aliphatic heterocycles. The molecule has 0 aromatic heterocycles. The van der Waals surface area contributed by atoms with Crippen molar-refractivity contribution in [2.75, 3.05) is 30.3 Å². The van der Waals surface area contributed by atoms with Gasteiger partial charge in [-0.2, -0.15) is 0 Å². The van der Waals surface area contributed by atoms with E-state index in [4.69, 9.17) is 9.47 Å². The topological polar surface area (TPSA) is 84.9 Å². The average molecular weight is 390 g/mol. The van der Waals surface area contributed by atoms with Gasteiger partial charge in [0.25, 0.3) is 5.91 Å².